The van der Waals surface area contributed by atoms with E-state index in [0.29, 0.717) is 5.82 Å². The zero-order valence-electron chi connectivity index (χ0n) is 8.86. The van der Waals surface area contributed by atoms with E-state index in [0.717, 1.165) is 37.4 Å². The van der Waals surface area contributed by atoms with Crippen molar-refractivity contribution in [3.63, 3.8) is 0 Å². The maximum atomic E-state index is 5.54. The fourth-order valence-corrected chi connectivity index (χ4v) is 1.70. The van der Waals surface area contributed by atoms with Crippen LogP contribution in [0.1, 0.15) is 37.4 Å². The molecule has 2 heterocycles. The number of aromatic nitrogens is 2. The largest absolute Gasteiger partial charge is 0.370 e. The first-order chi connectivity index (χ1) is 7.33. The molecule has 0 aliphatic carbocycles. The molecule has 1 fully saturated rings. The van der Waals surface area contributed by atoms with Crippen LogP contribution in [0.3, 0.4) is 0 Å². The summed E-state index contributed by atoms with van der Waals surface area (Å²) in [6.07, 6.45) is 2.99. The van der Waals surface area contributed by atoms with Gasteiger partial charge in [-0.15, -0.1) is 0 Å². The van der Waals surface area contributed by atoms with Gasteiger partial charge in [0.05, 0.1) is 0 Å². The molecule has 3 N–H and O–H groups in total. The van der Waals surface area contributed by atoms with Gasteiger partial charge in [0.2, 0.25) is 0 Å². The number of nitrogens with zero attached hydrogens (tertiary/aromatic N) is 2. The van der Waals surface area contributed by atoms with Gasteiger partial charge in [-0.05, 0) is 19.3 Å². The van der Waals surface area contributed by atoms with Crippen LogP contribution in [0.25, 0.3) is 0 Å². The van der Waals surface area contributed by atoms with E-state index in [9.17, 15) is 0 Å². The molecule has 1 aromatic rings. The predicted molar refractivity (Wildman–Crippen MR) is 57.1 cm³/mol. The highest BCUT2D eigenvalue weighted by Gasteiger charge is 2.21. The average molecular weight is 208 g/mol. The minimum atomic E-state index is 0.0450. The molecule has 0 aromatic carbocycles. The quantitative estimate of drug-likeness (QED) is 0.576. The topological polar surface area (TPSA) is 73.1 Å². The van der Waals surface area contributed by atoms with Gasteiger partial charge >= 0.3 is 0 Å². The van der Waals surface area contributed by atoms with Gasteiger partial charge in [0.25, 0.3) is 0 Å². The third kappa shape index (κ3) is 2.24. The zero-order valence-corrected chi connectivity index (χ0v) is 8.86. The highest BCUT2D eigenvalue weighted by molar-refractivity contribution is 5.34. The van der Waals surface area contributed by atoms with E-state index < -0.39 is 0 Å². The Balaban J connectivity index is 2.28. The van der Waals surface area contributed by atoms with E-state index in [2.05, 4.69) is 22.3 Å². The van der Waals surface area contributed by atoms with E-state index in [1.165, 1.54) is 0 Å². The Morgan fingerprint density at radius 2 is 2.47 bits per heavy atom. The summed E-state index contributed by atoms with van der Waals surface area (Å²) >= 11 is 0. The number of anilines is 1. The number of aryl methyl sites for hydroxylation is 1. The van der Waals surface area contributed by atoms with Gasteiger partial charge in [-0.2, -0.15) is 0 Å². The van der Waals surface area contributed by atoms with Gasteiger partial charge in [-0.3, -0.25) is 0 Å². The maximum absolute atomic E-state index is 5.54. The minimum Gasteiger partial charge on any atom is -0.370 e. The van der Waals surface area contributed by atoms with Crippen LogP contribution in [-0.4, -0.2) is 16.6 Å². The molecule has 15 heavy (non-hydrogen) atoms. The number of hydrazine groups is 1. The lowest BCUT2D eigenvalue weighted by molar-refractivity contribution is 0.105. The molecule has 82 valence electrons. The summed E-state index contributed by atoms with van der Waals surface area (Å²) in [4.78, 5) is 8.76. The van der Waals surface area contributed by atoms with Crippen molar-refractivity contribution in [1.82, 2.24) is 9.97 Å². The van der Waals surface area contributed by atoms with Crippen LogP contribution < -0.4 is 11.3 Å². The SMILES string of the molecule is CCc1cc(NN)nc(C2CCCO2)n1. The van der Waals surface area contributed by atoms with E-state index in [1.807, 2.05) is 6.07 Å². The maximum Gasteiger partial charge on any atom is 0.159 e. The lowest BCUT2D eigenvalue weighted by atomic mass is 10.2. The fourth-order valence-electron chi connectivity index (χ4n) is 1.70. The lowest BCUT2D eigenvalue weighted by Crippen LogP contribution is -2.13. The third-order valence-corrected chi connectivity index (χ3v) is 2.52. The summed E-state index contributed by atoms with van der Waals surface area (Å²) in [6, 6.07) is 1.86. The van der Waals surface area contributed by atoms with E-state index in [1.54, 1.807) is 0 Å². The van der Waals surface area contributed by atoms with Crippen molar-refractivity contribution in [2.24, 2.45) is 5.84 Å². The summed E-state index contributed by atoms with van der Waals surface area (Å²) in [5.41, 5.74) is 3.55. The van der Waals surface area contributed by atoms with Crippen LogP contribution in [-0.2, 0) is 11.2 Å². The molecule has 5 nitrogen and oxygen atoms in total. The van der Waals surface area contributed by atoms with Crippen molar-refractivity contribution in [3.8, 4) is 0 Å². The van der Waals surface area contributed by atoms with Crippen LogP contribution in [0, 0.1) is 0 Å². The molecule has 0 bridgehead atoms. The number of ether oxygens (including phenoxy) is 1. The Hall–Kier alpha value is -1.20. The highest BCUT2D eigenvalue weighted by Crippen LogP contribution is 2.26. The summed E-state index contributed by atoms with van der Waals surface area (Å²) in [5, 5.41) is 0. The fraction of sp³-hybridized carbons (Fsp3) is 0.600. The number of hydrogen-bond donors (Lipinski definition) is 2. The van der Waals surface area contributed by atoms with E-state index in [4.69, 9.17) is 10.6 Å². The molecule has 1 saturated heterocycles. The molecule has 0 amide bonds. The molecule has 0 radical (unpaired) electrons. The van der Waals surface area contributed by atoms with Gasteiger partial charge in [-0.25, -0.2) is 15.8 Å². The summed E-state index contributed by atoms with van der Waals surface area (Å²) in [6.45, 7) is 2.86. The standard InChI is InChI=1S/C10H16N4O/c1-2-7-6-9(14-11)13-10(12-7)8-4-3-5-15-8/h6,8H,2-5,11H2,1H3,(H,12,13,14). The molecular weight excluding hydrogens is 192 g/mol. The van der Waals surface area contributed by atoms with Crippen LogP contribution in [0.5, 0.6) is 0 Å². The summed E-state index contributed by atoms with van der Waals surface area (Å²) in [7, 11) is 0. The second-order valence-corrected chi connectivity index (χ2v) is 3.60. The Morgan fingerprint density at radius 3 is 3.07 bits per heavy atom. The van der Waals surface area contributed by atoms with Crippen molar-refractivity contribution in [1.29, 1.82) is 0 Å². The molecule has 5 heteroatoms. The van der Waals surface area contributed by atoms with E-state index >= 15 is 0 Å². The van der Waals surface area contributed by atoms with Crippen molar-refractivity contribution < 1.29 is 4.74 Å². The van der Waals surface area contributed by atoms with Gasteiger partial charge in [-0.1, -0.05) is 6.92 Å². The van der Waals surface area contributed by atoms with Crippen LogP contribution >= 0.6 is 0 Å². The molecule has 1 aliphatic rings. The van der Waals surface area contributed by atoms with Gasteiger partial charge < -0.3 is 10.2 Å². The van der Waals surface area contributed by atoms with Gasteiger partial charge in [0.1, 0.15) is 11.9 Å². The highest BCUT2D eigenvalue weighted by atomic mass is 16.5. The van der Waals surface area contributed by atoms with Crippen molar-refractivity contribution in [3.05, 3.63) is 17.6 Å². The van der Waals surface area contributed by atoms with Gasteiger partial charge in [0, 0.05) is 18.4 Å². The summed E-state index contributed by atoms with van der Waals surface area (Å²) < 4.78 is 5.54. The molecule has 1 atom stereocenters. The van der Waals surface area contributed by atoms with Crippen LogP contribution in [0.2, 0.25) is 0 Å². The first-order valence-corrected chi connectivity index (χ1v) is 5.29. The first-order valence-electron chi connectivity index (χ1n) is 5.29. The number of nitrogen functional groups attached to an aromatic ring is 1. The molecular formula is C10H16N4O. The normalized spacial score (nSPS) is 20.5. The average Bonchev–Trinajstić information content (AvgIpc) is 2.81. The zero-order chi connectivity index (χ0) is 10.7. The minimum absolute atomic E-state index is 0.0450. The molecule has 2 rings (SSSR count). The number of nitrogens with two attached hydrogens (primary N) is 1. The predicted octanol–water partition coefficient (Wildman–Crippen LogP) is 1.18. The third-order valence-electron chi connectivity index (χ3n) is 2.52. The van der Waals surface area contributed by atoms with Crippen molar-refractivity contribution >= 4 is 5.82 Å². The summed E-state index contributed by atoms with van der Waals surface area (Å²) in [5.74, 6) is 6.77. The van der Waals surface area contributed by atoms with Crippen molar-refractivity contribution in [2.75, 3.05) is 12.0 Å². The van der Waals surface area contributed by atoms with Crippen LogP contribution in [0.4, 0.5) is 5.82 Å². The lowest BCUT2D eigenvalue weighted by Gasteiger charge is -2.10. The second kappa shape index (κ2) is 4.55. The Morgan fingerprint density at radius 1 is 1.60 bits per heavy atom. The van der Waals surface area contributed by atoms with Gasteiger partial charge in [0.15, 0.2) is 5.82 Å². The van der Waals surface area contributed by atoms with E-state index in [-0.39, 0.29) is 6.10 Å². The molecule has 1 aliphatic heterocycles. The second-order valence-electron chi connectivity index (χ2n) is 3.60. The smallest absolute Gasteiger partial charge is 0.159 e. The Kier molecular flexibility index (Phi) is 3.13. The number of rotatable bonds is 3. The number of hydrogen-bond acceptors (Lipinski definition) is 5. The van der Waals surface area contributed by atoms with Crippen molar-refractivity contribution in [2.45, 2.75) is 32.3 Å². The molecule has 0 spiro atoms. The Labute approximate surface area is 89.0 Å². The number of nitrogens with one attached hydrogen (secondary N) is 1. The monoisotopic (exact) mass is 208 g/mol. The molecule has 1 aromatic heterocycles. The first kappa shape index (κ1) is 10.3. The molecule has 0 saturated carbocycles. The molecule has 1 unspecified atom stereocenters. The van der Waals surface area contributed by atoms with Crippen LogP contribution in [0.15, 0.2) is 6.07 Å². The Bertz CT molecular complexity index is 314.